The van der Waals surface area contributed by atoms with Crippen LogP contribution in [0.15, 0.2) is 0 Å². The van der Waals surface area contributed by atoms with Crippen molar-refractivity contribution in [2.75, 3.05) is 19.6 Å². The molecule has 1 saturated carbocycles. The van der Waals surface area contributed by atoms with Crippen molar-refractivity contribution in [1.29, 1.82) is 0 Å². The fraction of sp³-hybridized carbons (Fsp3) is 1.00. The van der Waals surface area contributed by atoms with Crippen LogP contribution in [0.1, 0.15) is 52.4 Å². The lowest BCUT2D eigenvalue weighted by molar-refractivity contribution is 0.0369. The molecular formula is C15H30N2O. The minimum absolute atomic E-state index is 0.451. The number of nitrogens with zero attached hydrogens (tertiary/aromatic N) is 1. The molecule has 18 heavy (non-hydrogen) atoms. The number of nitrogens with two attached hydrogens (primary N) is 1. The molecular weight excluding hydrogens is 224 g/mol. The van der Waals surface area contributed by atoms with Crippen molar-refractivity contribution in [1.82, 2.24) is 4.90 Å². The third-order valence-corrected chi connectivity index (χ3v) is 5.09. The summed E-state index contributed by atoms with van der Waals surface area (Å²) in [6.07, 6.45) is 6.90. The van der Waals surface area contributed by atoms with Crippen molar-refractivity contribution < 1.29 is 5.11 Å². The summed E-state index contributed by atoms with van der Waals surface area (Å²) in [5.41, 5.74) is 5.51. The van der Waals surface area contributed by atoms with Gasteiger partial charge in [-0.05, 0) is 64.0 Å². The van der Waals surface area contributed by atoms with Gasteiger partial charge in [-0.3, -0.25) is 4.90 Å². The lowest BCUT2D eigenvalue weighted by Gasteiger charge is -2.41. The zero-order chi connectivity index (χ0) is 13.2. The first-order valence-corrected chi connectivity index (χ1v) is 7.68. The quantitative estimate of drug-likeness (QED) is 0.792. The molecule has 0 bridgehead atoms. The molecule has 106 valence electrons. The van der Waals surface area contributed by atoms with Crippen LogP contribution in [-0.2, 0) is 0 Å². The van der Waals surface area contributed by atoms with E-state index in [1.165, 1.54) is 19.3 Å². The van der Waals surface area contributed by atoms with Crippen LogP contribution in [0.4, 0.5) is 0 Å². The first-order valence-electron chi connectivity index (χ1n) is 7.68. The van der Waals surface area contributed by atoms with Crippen molar-refractivity contribution in [2.24, 2.45) is 17.6 Å². The maximum absolute atomic E-state index is 10.2. The SMILES string of the molecule is CC1CCC(CN)C(N2CCCC(C)(O)CC2)C1. The average Bonchev–Trinajstić information content (AvgIpc) is 2.50. The number of rotatable bonds is 2. The van der Waals surface area contributed by atoms with Gasteiger partial charge in [0.1, 0.15) is 0 Å². The summed E-state index contributed by atoms with van der Waals surface area (Å²) in [5.74, 6) is 1.51. The monoisotopic (exact) mass is 254 g/mol. The second-order valence-electron chi connectivity index (χ2n) is 6.87. The zero-order valence-corrected chi connectivity index (χ0v) is 12.1. The number of aliphatic hydroxyl groups is 1. The Bertz CT molecular complexity index is 267. The molecule has 4 unspecified atom stereocenters. The van der Waals surface area contributed by atoms with Gasteiger partial charge in [0.05, 0.1) is 5.60 Å². The molecule has 1 aliphatic carbocycles. The van der Waals surface area contributed by atoms with Crippen molar-refractivity contribution in [3.05, 3.63) is 0 Å². The van der Waals surface area contributed by atoms with Crippen LogP contribution in [0.3, 0.4) is 0 Å². The van der Waals surface area contributed by atoms with E-state index in [0.717, 1.165) is 44.8 Å². The Morgan fingerprint density at radius 3 is 2.78 bits per heavy atom. The Balaban J connectivity index is 1.99. The van der Waals surface area contributed by atoms with E-state index in [1.807, 2.05) is 6.92 Å². The van der Waals surface area contributed by atoms with Gasteiger partial charge in [0.25, 0.3) is 0 Å². The van der Waals surface area contributed by atoms with Crippen LogP contribution >= 0.6 is 0 Å². The predicted octanol–water partition coefficient (Wildman–Crippen LogP) is 1.99. The zero-order valence-electron chi connectivity index (χ0n) is 12.1. The van der Waals surface area contributed by atoms with Crippen LogP contribution in [0.5, 0.6) is 0 Å². The Morgan fingerprint density at radius 1 is 1.28 bits per heavy atom. The molecule has 0 spiro atoms. The highest BCUT2D eigenvalue weighted by atomic mass is 16.3. The summed E-state index contributed by atoms with van der Waals surface area (Å²) < 4.78 is 0. The first-order chi connectivity index (χ1) is 8.52. The molecule has 2 rings (SSSR count). The number of likely N-dealkylation sites (tertiary alicyclic amines) is 1. The van der Waals surface area contributed by atoms with Crippen LogP contribution in [0, 0.1) is 11.8 Å². The summed E-state index contributed by atoms with van der Waals surface area (Å²) in [7, 11) is 0. The molecule has 0 radical (unpaired) electrons. The molecule has 3 nitrogen and oxygen atoms in total. The Morgan fingerprint density at radius 2 is 2.06 bits per heavy atom. The highest BCUT2D eigenvalue weighted by molar-refractivity contribution is 4.89. The van der Waals surface area contributed by atoms with E-state index in [2.05, 4.69) is 11.8 Å². The maximum atomic E-state index is 10.2. The molecule has 1 aliphatic heterocycles. The van der Waals surface area contributed by atoms with Gasteiger partial charge in [-0.15, -0.1) is 0 Å². The van der Waals surface area contributed by atoms with E-state index in [9.17, 15) is 5.11 Å². The molecule has 0 aromatic carbocycles. The fourth-order valence-electron chi connectivity index (χ4n) is 3.75. The van der Waals surface area contributed by atoms with E-state index in [1.54, 1.807) is 0 Å². The van der Waals surface area contributed by atoms with E-state index in [4.69, 9.17) is 5.73 Å². The Labute approximate surface area is 112 Å². The second-order valence-corrected chi connectivity index (χ2v) is 6.87. The number of hydrogen-bond donors (Lipinski definition) is 2. The summed E-state index contributed by atoms with van der Waals surface area (Å²) in [4.78, 5) is 2.62. The third kappa shape index (κ3) is 3.46. The topological polar surface area (TPSA) is 49.5 Å². The standard InChI is InChI=1S/C15H30N2O/c1-12-4-5-13(11-16)14(10-12)17-8-3-6-15(2,18)7-9-17/h12-14,18H,3-11,16H2,1-2H3. The third-order valence-electron chi connectivity index (χ3n) is 5.09. The van der Waals surface area contributed by atoms with E-state index < -0.39 is 5.60 Å². The molecule has 2 aliphatic rings. The van der Waals surface area contributed by atoms with Crippen molar-refractivity contribution in [3.8, 4) is 0 Å². The van der Waals surface area contributed by atoms with Crippen molar-refractivity contribution >= 4 is 0 Å². The molecule has 0 aromatic heterocycles. The minimum Gasteiger partial charge on any atom is -0.390 e. The van der Waals surface area contributed by atoms with Gasteiger partial charge in [0, 0.05) is 12.6 Å². The van der Waals surface area contributed by atoms with Gasteiger partial charge < -0.3 is 10.8 Å². The Kier molecular flexibility index (Phi) is 4.68. The predicted molar refractivity (Wildman–Crippen MR) is 75.4 cm³/mol. The first kappa shape index (κ1) is 14.3. The van der Waals surface area contributed by atoms with Crippen LogP contribution in [0.25, 0.3) is 0 Å². The van der Waals surface area contributed by atoms with Gasteiger partial charge in [0.2, 0.25) is 0 Å². The normalized spacial score (nSPS) is 43.7. The van der Waals surface area contributed by atoms with Gasteiger partial charge in [-0.2, -0.15) is 0 Å². The van der Waals surface area contributed by atoms with Crippen LogP contribution < -0.4 is 5.73 Å². The van der Waals surface area contributed by atoms with E-state index in [0.29, 0.717) is 12.0 Å². The largest absolute Gasteiger partial charge is 0.390 e. The van der Waals surface area contributed by atoms with Gasteiger partial charge in [0.15, 0.2) is 0 Å². The minimum atomic E-state index is -0.451. The molecule has 1 saturated heterocycles. The van der Waals surface area contributed by atoms with Crippen LogP contribution in [-0.4, -0.2) is 41.3 Å². The molecule has 0 aromatic rings. The Hall–Kier alpha value is -0.120. The summed E-state index contributed by atoms with van der Waals surface area (Å²) >= 11 is 0. The van der Waals surface area contributed by atoms with Gasteiger partial charge in [-0.25, -0.2) is 0 Å². The second kappa shape index (κ2) is 5.89. The van der Waals surface area contributed by atoms with E-state index in [-0.39, 0.29) is 0 Å². The van der Waals surface area contributed by atoms with Crippen LogP contribution in [0.2, 0.25) is 0 Å². The summed E-state index contributed by atoms with van der Waals surface area (Å²) in [6, 6.07) is 0.660. The summed E-state index contributed by atoms with van der Waals surface area (Å²) in [5, 5.41) is 10.2. The highest BCUT2D eigenvalue weighted by Gasteiger charge is 2.34. The van der Waals surface area contributed by atoms with E-state index >= 15 is 0 Å². The highest BCUT2D eigenvalue weighted by Crippen LogP contribution is 2.33. The molecule has 1 heterocycles. The molecule has 0 amide bonds. The van der Waals surface area contributed by atoms with Crippen molar-refractivity contribution in [3.63, 3.8) is 0 Å². The lowest BCUT2D eigenvalue weighted by Crippen LogP contribution is -2.47. The number of hydrogen-bond acceptors (Lipinski definition) is 3. The maximum Gasteiger partial charge on any atom is 0.0632 e. The molecule has 3 N–H and O–H groups in total. The molecule has 3 heteroatoms. The fourth-order valence-corrected chi connectivity index (χ4v) is 3.75. The van der Waals surface area contributed by atoms with Gasteiger partial charge in [-0.1, -0.05) is 13.3 Å². The average molecular weight is 254 g/mol. The molecule has 2 fully saturated rings. The summed E-state index contributed by atoms with van der Waals surface area (Å²) in [6.45, 7) is 7.36. The van der Waals surface area contributed by atoms with Gasteiger partial charge >= 0.3 is 0 Å². The lowest BCUT2D eigenvalue weighted by atomic mass is 9.78. The molecule has 4 atom stereocenters. The smallest absolute Gasteiger partial charge is 0.0632 e. The van der Waals surface area contributed by atoms with Crippen molar-refractivity contribution in [2.45, 2.75) is 64.0 Å².